The Morgan fingerprint density at radius 1 is 1.13 bits per heavy atom. The molecule has 7 nitrogen and oxygen atoms in total. The van der Waals surface area contributed by atoms with Crippen LogP contribution in [0, 0.1) is 6.92 Å². The molecule has 0 aliphatic heterocycles. The Morgan fingerprint density at radius 2 is 1.87 bits per heavy atom. The van der Waals surface area contributed by atoms with Crippen molar-refractivity contribution in [2.24, 2.45) is 7.05 Å². The molecular formula is C21H24N6OS2. The number of fused-ring (bicyclic) bond motifs is 1. The van der Waals surface area contributed by atoms with Crippen LogP contribution in [0.15, 0.2) is 45.7 Å². The van der Waals surface area contributed by atoms with E-state index in [0.717, 1.165) is 46.0 Å². The van der Waals surface area contributed by atoms with Crippen LogP contribution in [-0.2, 0) is 12.8 Å². The van der Waals surface area contributed by atoms with E-state index in [0.29, 0.717) is 5.75 Å². The van der Waals surface area contributed by atoms with Gasteiger partial charge in [0.2, 0.25) is 0 Å². The Kier molecular flexibility index (Phi) is 5.92. The Balaban J connectivity index is 1.52. The van der Waals surface area contributed by atoms with Crippen LogP contribution in [0.2, 0.25) is 0 Å². The smallest absolute Gasteiger partial charge is 0.258 e. The van der Waals surface area contributed by atoms with Gasteiger partial charge in [0, 0.05) is 54.3 Å². The van der Waals surface area contributed by atoms with E-state index in [4.69, 9.17) is 0 Å². The number of anilines is 1. The monoisotopic (exact) mass is 440 g/mol. The second-order valence-corrected chi connectivity index (χ2v) is 8.73. The van der Waals surface area contributed by atoms with Crippen LogP contribution in [-0.4, -0.2) is 37.2 Å². The maximum Gasteiger partial charge on any atom is 0.258 e. The summed E-state index contributed by atoms with van der Waals surface area (Å²) in [4.78, 5) is 20.0. The van der Waals surface area contributed by atoms with Crippen molar-refractivity contribution in [3.05, 3.63) is 57.5 Å². The van der Waals surface area contributed by atoms with Crippen molar-refractivity contribution < 1.29 is 0 Å². The fourth-order valence-corrected chi connectivity index (χ4v) is 5.11. The number of hydrogen-bond acceptors (Lipinski definition) is 7. The molecule has 0 bridgehead atoms. The summed E-state index contributed by atoms with van der Waals surface area (Å²) in [6, 6.07) is 10.0. The van der Waals surface area contributed by atoms with Gasteiger partial charge in [0.15, 0.2) is 15.9 Å². The highest BCUT2D eigenvalue weighted by atomic mass is 32.2. The highest BCUT2D eigenvalue weighted by molar-refractivity contribution is 7.98. The summed E-state index contributed by atoms with van der Waals surface area (Å²) in [6.07, 6.45) is 0. The fourth-order valence-electron chi connectivity index (χ4n) is 3.42. The Bertz CT molecular complexity index is 1220. The first-order valence-corrected chi connectivity index (χ1v) is 11.7. The summed E-state index contributed by atoms with van der Waals surface area (Å²) < 4.78 is 3.62. The van der Waals surface area contributed by atoms with E-state index in [2.05, 4.69) is 58.2 Å². The van der Waals surface area contributed by atoms with E-state index < -0.39 is 0 Å². The van der Waals surface area contributed by atoms with Crippen molar-refractivity contribution in [2.75, 3.05) is 18.0 Å². The number of thiazole rings is 1. The molecule has 0 radical (unpaired) electrons. The lowest BCUT2D eigenvalue weighted by atomic mass is 10.2. The normalized spacial score (nSPS) is 11.3. The molecule has 0 aliphatic carbocycles. The van der Waals surface area contributed by atoms with Gasteiger partial charge in [-0.15, -0.1) is 21.5 Å². The predicted octanol–water partition coefficient (Wildman–Crippen LogP) is 4.00. The van der Waals surface area contributed by atoms with Crippen molar-refractivity contribution in [1.82, 2.24) is 24.1 Å². The number of aromatic nitrogens is 5. The second-order valence-electron chi connectivity index (χ2n) is 6.95. The van der Waals surface area contributed by atoms with E-state index in [-0.39, 0.29) is 5.56 Å². The zero-order valence-electron chi connectivity index (χ0n) is 17.5. The number of rotatable bonds is 7. The highest BCUT2D eigenvalue weighted by Crippen LogP contribution is 2.26. The van der Waals surface area contributed by atoms with Gasteiger partial charge in [0.05, 0.1) is 5.69 Å². The van der Waals surface area contributed by atoms with Crippen molar-refractivity contribution >= 4 is 33.7 Å². The first-order valence-electron chi connectivity index (χ1n) is 9.86. The first kappa shape index (κ1) is 20.6. The van der Waals surface area contributed by atoms with Crippen LogP contribution in [0.25, 0.3) is 16.3 Å². The highest BCUT2D eigenvalue weighted by Gasteiger charge is 2.13. The third kappa shape index (κ3) is 3.87. The number of hydrogen-bond donors (Lipinski definition) is 0. The lowest BCUT2D eigenvalue weighted by molar-refractivity contribution is 0.793. The summed E-state index contributed by atoms with van der Waals surface area (Å²) in [5, 5.41) is 11.5. The summed E-state index contributed by atoms with van der Waals surface area (Å²) in [7, 11) is 1.96. The summed E-state index contributed by atoms with van der Waals surface area (Å²) in [6.45, 7) is 8.19. The topological polar surface area (TPSA) is 68.3 Å². The number of benzene rings is 1. The minimum Gasteiger partial charge on any atom is -0.372 e. The van der Waals surface area contributed by atoms with Crippen LogP contribution in [0.3, 0.4) is 0 Å². The van der Waals surface area contributed by atoms with Crippen LogP contribution < -0.4 is 10.5 Å². The Labute approximate surface area is 183 Å². The number of nitrogens with zero attached hydrogens (tertiary/aromatic N) is 6. The van der Waals surface area contributed by atoms with E-state index in [1.807, 2.05) is 23.9 Å². The summed E-state index contributed by atoms with van der Waals surface area (Å²) in [5.41, 5.74) is 3.86. The van der Waals surface area contributed by atoms with E-state index in [1.54, 1.807) is 10.5 Å². The molecule has 4 aromatic rings. The molecule has 0 amide bonds. The van der Waals surface area contributed by atoms with Gasteiger partial charge >= 0.3 is 0 Å². The van der Waals surface area contributed by atoms with Crippen LogP contribution in [0.1, 0.15) is 25.2 Å². The summed E-state index contributed by atoms with van der Waals surface area (Å²) in [5.74, 6) is 1.39. The molecule has 3 heterocycles. The van der Waals surface area contributed by atoms with Gasteiger partial charge in [-0.1, -0.05) is 11.8 Å². The van der Waals surface area contributed by atoms with Crippen molar-refractivity contribution in [3.63, 3.8) is 0 Å². The molecule has 0 aliphatic rings. The molecule has 0 fully saturated rings. The summed E-state index contributed by atoms with van der Waals surface area (Å²) >= 11 is 3.01. The Hall–Kier alpha value is -2.65. The van der Waals surface area contributed by atoms with E-state index in [1.165, 1.54) is 28.8 Å². The van der Waals surface area contributed by atoms with Crippen LogP contribution in [0.5, 0.6) is 0 Å². The molecule has 9 heteroatoms. The molecule has 156 valence electrons. The molecule has 30 heavy (non-hydrogen) atoms. The molecule has 0 saturated carbocycles. The number of aryl methyl sites for hydroxylation is 1. The van der Waals surface area contributed by atoms with Crippen LogP contribution in [0.4, 0.5) is 5.69 Å². The zero-order chi connectivity index (χ0) is 21.3. The van der Waals surface area contributed by atoms with E-state index in [9.17, 15) is 4.79 Å². The number of thioether (sulfide) groups is 1. The van der Waals surface area contributed by atoms with Gasteiger partial charge in [0.25, 0.3) is 5.56 Å². The lowest BCUT2D eigenvalue weighted by Gasteiger charge is -2.21. The second kappa shape index (κ2) is 8.61. The average Bonchev–Trinajstić information content (AvgIpc) is 3.31. The maximum absolute atomic E-state index is 12.4. The zero-order valence-corrected chi connectivity index (χ0v) is 19.1. The van der Waals surface area contributed by atoms with E-state index >= 15 is 0 Å². The minimum atomic E-state index is -0.0405. The van der Waals surface area contributed by atoms with Gasteiger partial charge in [0.1, 0.15) is 0 Å². The quantitative estimate of drug-likeness (QED) is 0.405. The van der Waals surface area contributed by atoms with Crippen molar-refractivity contribution in [1.29, 1.82) is 0 Å². The largest absolute Gasteiger partial charge is 0.372 e. The third-order valence-corrected chi connectivity index (χ3v) is 7.06. The van der Waals surface area contributed by atoms with Gasteiger partial charge in [-0.25, -0.2) is 4.98 Å². The Morgan fingerprint density at radius 3 is 2.57 bits per heavy atom. The molecule has 0 atom stereocenters. The predicted molar refractivity (Wildman–Crippen MR) is 124 cm³/mol. The molecule has 0 unspecified atom stereocenters. The van der Waals surface area contributed by atoms with Crippen molar-refractivity contribution in [2.45, 2.75) is 31.7 Å². The SMILES string of the molecule is CCN(CC)c1ccc(-c2nnc(SCc3cc(=O)n4c(C)csc4n3)n2C)cc1. The van der Waals surface area contributed by atoms with Gasteiger partial charge in [-0.2, -0.15) is 0 Å². The molecule has 0 saturated heterocycles. The average molecular weight is 441 g/mol. The van der Waals surface area contributed by atoms with Gasteiger partial charge in [-0.05, 0) is 45.0 Å². The molecular weight excluding hydrogens is 416 g/mol. The van der Waals surface area contributed by atoms with Gasteiger partial charge in [-0.3, -0.25) is 9.20 Å². The van der Waals surface area contributed by atoms with Gasteiger partial charge < -0.3 is 9.47 Å². The first-order chi connectivity index (χ1) is 14.5. The molecule has 0 N–H and O–H groups in total. The third-order valence-electron chi connectivity index (χ3n) is 5.07. The minimum absolute atomic E-state index is 0.0405. The molecule has 4 rings (SSSR count). The molecule has 1 aromatic carbocycles. The van der Waals surface area contributed by atoms with Crippen molar-refractivity contribution in [3.8, 4) is 11.4 Å². The fraction of sp³-hybridized carbons (Fsp3) is 0.333. The molecule has 0 spiro atoms. The lowest BCUT2D eigenvalue weighted by Crippen LogP contribution is -2.21. The van der Waals surface area contributed by atoms with Crippen LogP contribution >= 0.6 is 23.1 Å². The molecule has 3 aromatic heterocycles. The standard InChI is InChI=1S/C21H24N6OS2/c1-5-26(6-2)17-9-7-15(8-10-17)19-23-24-21(25(19)4)30-13-16-11-18(28)27-14(3)12-29-20(27)22-16/h7-12H,5-6,13H2,1-4H3. The maximum atomic E-state index is 12.4.